The van der Waals surface area contributed by atoms with Crippen LogP contribution in [0.4, 0.5) is 0 Å². The summed E-state index contributed by atoms with van der Waals surface area (Å²) in [7, 11) is 1.73. The number of aromatic nitrogens is 1. The average molecular weight is 226 g/mol. The molecule has 0 aliphatic heterocycles. The highest BCUT2D eigenvalue weighted by Gasteiger charge is 2.12. The molecular formula is C12H22N2O2. The maximum atomic E-state index is 5.25. The average Bonchev–Trinajstić information content (AvgIpc) is 2.59. The molecule has 92 valence electrons. The number of hydrogen-bond donors (Lipinski definition) is 1. The molecule has 1 aromatic heterocycles. The van der Waals surface area contributed by atoms with E-state index in [2.05, 4.69) is 24.3 Å². The van der Waals surface area contributed by atoms with Gasteiger partial charge >= 0.3 is 0 Å². The molecule has 0 radical (unpaired) electrons. The Labute approximate surface area is 97.3 Å². The Morgan fingerprint density at radius 2 is 2.06 bits per heavy atom. The molecule has 0 saturated carbocycles. The molecule has 0 spiro atoms. The molecule has 0 bridgehead atoms. The molecular weight excluding hydrogens is 204 g/mol. The van der Waals surface area contributed by atoms with Gasteiger partial charge in [0.1, 0.15) is 5.76 Å². The minimum absolute atomic E-state index is 0.227. The summed E-state index contributed by atoms with van der Waals surface area (Å²) in [6.07, 6.45) is 1.17. The van der Waals surface area contributed by atoms with Gasteiger partial charge in [-0.15, -0.1) is 0 Å². The fourth-order valence-corrected chi connectivity index (χ4v) is 1.65. The molecule has 0 amide bonds. The zero-order chi connectivity index (χ0) is 12.1. The van der Waals surface area contributed by atoms with Crippen molar-refractivity contribution in [2.24, 2.45) is 0 Å². The Bertz CT molecular complexity index is 303. The molecule has 0 saturated heterocycles. The van der Waals surface area contributed by atoms with Gasteiger partial charge in [0, 0.05) is 18.7 Å². The Morgan fingerprint density at radius 3 is 2.56 bits per heavy atom. The largest absolute Gasteiger partial charge is 0.380 e. The number of methoxy groups -OCH3 is 1. The van der Waals surface area contributed by atoms with Crippen molar-refractivity contribution < 1.29 is 9.26 Å². The van der Waals surface area contributed by atoms with Crippen LogP contribution < -0.4 is 5.32 Å². The maximum absolute atomic E-state index is 5.25. The van der Waals surface area contributed by atoms with E-state index in [1.807, 2.05) is 13.8 Å². The van der Waals surface area contributed by atoms with Gasteiger partial charge in [0.25, 0.3) is 0 Å². The minimum atomic E-state index is 0.227. The highest BCUT2D eigenvalue weighted by molar-refractivity contribution is 5.20. The van der Waals surface area contributed by atoms with Crippen molar-refractivity contribution in [2.45, 2.75) is 46.3 Å². The summed E-state index contributed by atoms with van der Waals surface area (Å²) in [6, 6.07) is 0.352. The summed E-state index contributed by atoms with van der Waals surface area (Å²) in [5.74, 6) is 0.923. The van der Waals surface area contributed by atoms with Crippen molar-refractivity contribution in [3.63, 3.8) is 0 Å². The first-order valence-electron chi connectivity index (χ1n) is 5.74. The number of aryl methyl sites for hydroxylation is 2. The van der Waals surface area contributed by atoms with Crippen molar-refractivity contribution >= 4 is 0 Å². The summed E-state index contributed by atoms with van der Waals surface area (Å²) < 4.78 is 10.4. The summed E-state index contributed by atoms with van der Waals surface area (Å²) in [5, 5.41) is 7.37. The molecule has 16 heavy (non-hydrogen) atoms. The van der Waals surface area contributed by atoms with Gasteiger partial charge in [-0.2, -0.15) is 0 Å². The second-order valence-corrected chi connectivity index (χ2v) is 4.24. The van der Waals surface area contributed by atoms with Gasteiger partial charge in [0.2, 0.25) is 0 Å². The topological polar surface area (TPSA) is 47.3 Å². The molecule has 1 heterocycles. The highest BCUT2D eigenvalue weighted by Crippen LogP contribution is 2.12. The third kappa shape index (κ3) is 3.32. The van der Waals surface area contributed by atoms with Gasteiger partial charge in [0.05, 0.1) is 11.8 Å². The van der Waals surface area contributed by atoms with Crippen LogP contribution in [-0.4, -0.2) is 31.0 Å². The quantitative estimate of drug-likeness (QED) is 0.804. The molecule has 1 N–H and O–H groups in total. The van der Waals surface area contributed by atoms with E-state index in [4.69, 9.17) is 9.26 Å². The lowest BCUT2D eigenvalue weighted by Crippen LogP contribution is -2.37. The van der Waals surface area contributed by atoms with Crippen LogP contribution in [0.1, 0.15) is 30.9 Å². The second-order valence-electron chi connectivity index (χ2n) is 4.24. The van der Waals surface area contributed by atoms with Gasteiger partial charge in [0.15, 0.2) is 0 Å². The van der Waals surface area contributed by atoms with Gasteiger partial charge in [-0.25, -0.2) is 0 Å². The van der Waals surface area contributed by atoms with Crippen molar-refractivity contribution in [1.29, 1.82) is 0 Å². The van der Waals surface area contributed by atoms with E-state index in [-0.39, 0.29) is 6.10 Å². The fraction of sp³-hybridized carbons (Fsp3) is 0.750. The van der Waals surface area contributed by atoms with Gasteiger partial charge in [-0.1, -0.05) is 5.16 Å². The highest BCUT2D eigenvalue weighted by atomic mass is 16.5. The lowest BCUT2D eigenvalue weighted by molar-refractivity contribution is 0.0890. The molecule has 1 rings (SSSR count). The first-order valence-corrected chi connectivity index (χ1v) is 5.74. The number of ether oxygens (including phenoxy) is 1. The SMILES string of the molecule is COC(C)C(C)NCCc1c(C)noc1C. The molecule has 0 aromatic carbocycles. The van der Waals surface area contributed by atoms with Crippen LogP contribution in [0.2, 0.25) is 0 Å². The van der Waals surface area contributed by atoms with Crippen LogP contribution in [0.15, 0.2) is 4.52 Å². The van der Waals surface area contributed by atoms with Gasteiger partial charge < -0.3 is 14.6 Å². The number of rotatable bonds is 6. The summed E-state index contributed by atoms with van der Waals surface area (Å²) in [4.78, 5) is 0. The Hall–Kier alpha value is -0.870. The molecule has 0 fully saturated rings. The molecule has 2 atom stereocenters. The van der Waals surface area contributed by atoms with E-state index < -0.39 is 0 Å². The first kappa shape index (κ1) is 13.2. The van der Waals surface area contributed by atoms with E-state index in [1.165, 1.54) is 5.56 Å². The van der Waals surface area contributed by atoms with Gasteiger partial charge in [-0.05, 0) is 40.7 Å². The number of hydrogen-bond acceptors (Lipinski definition) is 4. The third-order valence-corrected chi connectivity index (χ3v) is 3.10. The molecule has 2 unspecified atom stereocenters. The molecule has 4 nitrogen and oxygen atoms in total. The van der Waals surface area contributed by atoms with Crippen molar-refractivity contribution in [3.05, 3.63) is 17.0 Å². The standard InChI is InChI=1S/C12H22N2O2/c1-8(10(3)15-5)13-7-6-12-9(2)14-16-11(12)4/h8,10,13H,6-7H2,1-5H3. The minimum Gasteiger partial charge on any atom is -0.380 e. The van der Waals surface area contributed by atoms with E-state index in [0.717, 1.165) is 24.4 Å². The lowest BCUT2D eigenvalue weighted by Gasteiger charge is -2.19. The van der Waals surface area contributed by atoms with Crippen LogP contribution in [0.25, 0.3) is 0 Å². The van der Waals surface area contributed by atoms with E-state index in [9.17, 15) is 0 Å². The summed E-state index contributed by atoms with van der Waals surface area (Å²) in [5.41, 5.74) is 2.21. The van der Waals surface area contributed by atoms with Crippen LogP contribution in [0, 0.1) is 13.8 Å². The lowest BCUT2D eigenvalue weighted by atomic mass is 10.1. The Balaban J connectivity index is 2.36. The Morgan fingerprint density at radius 1 is 1.38 bits per heavy atom. The summed E-state index contributed by atoms with van der Waals surface area (Å²) >= 11 is 0. The van der Waals surface area contributed by atoms with Crippen molar-refractivity contribution in [2.75, 3.05) is 13.7 Å². The van der Waals surface area contributed by atoms with Gasteiger partial charge in [-0.3, -0.25) is 0 Å². The first-order chi connectivity index (χ1) is 7.56. The molecule has 0 aliphatic carbocycles. The maximum Gasteiger partial charge on any atom is 0.137 e. The van der Waals surface area contributed by atoms with Crippen molar-refractivity contribution in [1.82, 2.24) is 10.5 Å². The van der Waals surface area contributed by atoms with E-state index in [0.29, 0.717) is 6.04 Å². The monoisotopic (exact) mass is 226 g/mol. The second kappa shape index (κ2) is 6.01. The predicted octanol–water partition coefficient (Wildman–Crippen LogP) is 1.85. The summed E-state index contributed by atoms with van der Waals surface area (Å²) in [6.45, 7) is 9.04. The normalized spacial score (nSPS) is 15.1. The number of nitrogens with zero attached hydrogens (tertiary/aromatic N) is 1. The fourth-order valence-electron chi connectivity index (χ4n) is 1.65. The van der Waals surface area contributed by atoms with Crippen LogP contribution in [-0.2, 0) is 11.2 Å². The van der Waals surface area contributed by atoms with E-state index >= 15 is 0 Å². The van der Waals surface area contributed by atoms with Crippen LogP contribution in [0.3, 0.4) is 0 Å². The molecule has 0 aliphatic rings. The Kier molecular flexibility index (Phi) is 4.96. The number of nitrogens with one attached hydrogen (secondary N) is 1. The van der Waals surface area contributed by atoms with Crippen molar-refractivity contribution in [3.8, 4) is 0 Å². The van der Waals surface area contributed by atoms with Crippen LogP contribution in [0.5, 0.6) is 0 Å². The molecule has 4 heteroatoms. The zero-order valence-electron chi connectivity index (χ0n) is 10.8. The zero-order valence-corrected chi connectivity index (χ0v) is 10.8. The predicted molar refractivity (Wildman–Crippen MR) is 63.6 cm³/mol. The third-order valence-electron chi connectivity index (χ3n) is 3.10. The van der Waals surface area contributed by atoms with Crippen LogP contribution >= 0.6 is 0 Å². The smallest absolute Gasteiger partial charge is 0.137 e. The van der Waals surface area contributed by atoms with E-state index in [1.54, 1.807) is 7.11 Å². The molecule has 1 aromatic rings.